The van der Waals surface area contributed by atoms with E-state index in [0.29, 0.717) is 11.5 Å². The molecule has 1 unspecified atom stereocenters. The normalized spacial score (nSPS) is 11.9. The number of carbonyl (C=O) groups is 1. The van der Waals surface area contributed by atoms with Gasteiger partial charge in [0.1, 0.15) is 11.9 Å². The van der Waals surface area contributed by atoms with Crippen LogP contribution in [0.4, 0.5) is 11.8 Å². The van der Waals surface area contributed by atoms with E-state index in [1.54, 1.807) is 13.1 Å². The lowest BCUT2D eigenvalue weighted by Gasteiger charge is -2.08. The molecule has 7 heteroatoms. The Labute approximate surface area is 122 Å². The number of nitrogen functional groups attached to an aromatic ring is 1. The molecule has 2 rings (SSSR count). The Kier molecular flexibility index (Phi) is 4.34. The van der Waals surface area contributed by atoms with Crippen LogP contribution in [-0.2, 0) is 11.2 Å². The van der Waals surface area contributed by atoms with Crippen LogP contribution in [-0.4, -0.2) is 34.1 Å². The fourth-order valence-electron chi connectivity index (χ4n) is 1.89. The van der Waals surface area contributed by atoms with Crippen molar-refractivity contribution >= 4 is 17.7 Å². The fraction of sp³-hybridized carbons (Fsp3) is 0.214. The van der Waals surface area contributed by atoms with Crippen molar-refractivity contribution in [2.24, 2.45) is 5.73 Å². The lowest BCUT2D eigenvalue weighted by atomic mass is 10.0. The molecule has 0 aliphatic rings. The summed E-state index contributed by atoms with van der Waals surface area (Å²) in [5, 5.41) is 11.7. The number of benzene rings is 1. The molecule has 0 spiro atoms. The topological polar surface area (TPSA) is 127 Å². The predicted molar refractivity (Wildman–Crippen MR) is 80.7 cm³/mol. The number of nitrogens with zero attached hydrogens (tertiary/aromatic N) is 2. The highest BCUT2D eigenvalue weighted by Crippen LogP contribution is 2.21. The Morgan fingerprint density at radius 3 is 2.57 bits per heavy atom. The van der Waals surface area contributed by atoms with Gasteiger partial charge in [-0.15, -0.1) is 0 Å². The third-order valence-corrected chi connectivity index (χ3v) is 3.02. The van der Waals surface area contributed by atoms with E-state index >= 15 is 0 Å². The third kappa shape index (κ3) is 3.67. The van der Waals surface area contributed by atoms with E-state index in [4.69, 9.17) is 16.6 Å². The van der Waals surface area contributed by atoms with Gasteiger partial charge in [0, 0.05) is 18.7 Å². The summed E-state index contributed by atoms with van der Waals surface area (Å²) in [5.74, 6) is -0.190. The molecule has 0 radical (unpaired) electrons. The van der Waals surface area contributed by atoms with Crippen LogP contribution in [0.1, 0.15) is 5.56 Å². The van der Waals surface area contributed by atoms with Crippen molar-refractivity contribution in [3.8, 4) is 11.3 Å². The summed E-state index contributed by atoms with van der Waals surface area (Å²) in [6, 6.07) is 8.25. The van der Waals surface area contributed by atoms with Gasteiger partial charge in [-0.2, -0.15) is 4.98 Å². The van der Waals surface area contributed by atoms with Gasteiger partial charge < -0.3 is 21.9 Å². The minimum Gasteiger partial charge on any atom is -0.480 e. The smallest absolute Gasteiger partial charge is 0.320 e. The molecule has 2 aromatic rings. The summed E-state index contributed by atoms with van der Waals surface area (Å²) in [5.41, 5.74) is 13.6. The minimum atomic E-state index is -1.01. The molecule has 6 N–H and O–H groups in total. The Morgan fingerprint density at radius 1 is 1.33 bits per heavy atom. The van der Waals surface area contributed by atoms with Crippen molar-refractivity contribution in [1.29, 1.82) is 0 Å². The average molecular weight is 287 g/mol. The first kappa shape index (κ1) is 14.7. The molecule has 21 heavy (non-hydrogen) atoms. The highest BCUT2D eigenvalue weighted by Gasteiger charge is 2.12. The Morgan fingerprint density at radius 2 is 2.00 bits per heavy atom. The Hall–Kier alpha value is -2.67. The molecular formula is C14H17N5O2. The van der Waals surface area contributed by atoms with Crippen molar-refractivity contribution in [1.82, 2.24) is 9.97 Å². The Bertz CT molecular complexity index is 642. The van der Waals surface area contributed by atoms with Gasteiger partial charge in [0.2, 0.25) is 5.95 Å². The van der Waals surface area contributed by atoms with Crippen LogP contribution in [0, 0.1) is 0 Å². The quantitative estimate of drug-likeness (QED) is 0.638. The summed E-state index contributed by atoms with van der Waals surface area (Å²) in [4.78, 5) is 18.9. The molecule has 1 aromatic carbocycles. The van der Waals surface area contributed by atoms with Crippen LogP contribution < -0.4 is 16.8 Å². The third-order valence-electron chi connectivity index (χ3n) is 3.02. The molecule has 0 aliphatic carbocycles. The molecule has 0 amide bonds. The number of carboxylic acids is 1. The zero-order valence-corrected chi connectivity index (χ0v) is 11.6. The van der Waals surface area contributed by atoms with Gasteiger partial charge in [-0.25, -0.2) is 4.98 Å². The van der Waals surface area contributed by atoms with Crippen LogP contribution in [0.25, 0.3) is 11.3 Å². The molecule has 0 aliphatic heterocycles. The molecule has 0 saturated carbocycles. The van der Waals surface area contributed by atoms with E-state index in [9.17, 15) is 4.79 Å². The summed E-state index contributed by atoms with van der Waals surface area (Å²) >= 11 is 0. The zero-order valence-electron chi connectivity index (χ0n) is 11.6. The van der Waals surface area contributed by atoms with Crippen LogP contribution in [0.15, 0.2) is 30.3 Å². The summed E-state index contributed by atoms with van der Waals surface area (Å²) in [7, 11) is 1.75. The molecule has 0 bridgehead atoms. The van der Waals surface area contributed by atoms with Gasteiger partial charge in [0.25, 0.3) is 0 Å². The van der Waals surface area contributed by atoms with Gasteiger partial charge in [0.05, 0.1) is 5.69 Å². The molecule has 1 heterocycles. The van der Waals surface area contributed by atoms with E-state index in [1.807, 2.05) is 24.3 Å². The van der Waals surface area contributed by atoms with E-state index in [2.05, 4.69) is 15.3 Å². The van der Waals surface area contributed by atoms with Gasteiger partial charge in [-0.1, -0.05) is 24.3 Å². The van der Waals surface area contributed by atoms with Crippen LogP contribution in [0.5, 0.6) is 0 Å². The minimum absolute atomic E-state index is 0.189. The van der Waals surface area contributed by atoms with Crippen LogP contribution in [0.3, 0.4) is 0 Å². The van der Waals surface area contributed by atoms with Gasteiger partial charge >= 0.3 is 5.97 Å². The van der Waals surface area contributed by atoms with Crippen molar-refractivity contribution in [2.75, 3.05) is 18.1 Å². The standard InChI is InChI=1S/C14H17N5O2/c1-17-12-7-11(18-14(16)19-12)9-4-2-8(3-5-9)6-10(15)13(20)21/h2-5,7,10H,6,15H2,1H3,(H,20,21)(H3,16,17,18,19). The van der Waals surface area contributed by atoms with Gasteiger partial charge in [0.15, 0.2) is 0 Å². The first-order valence-electron chi connectivity index (χ1n) is 6.39. The molecule has 0 saturated heterocycles. The Balaban J connectivity index is 2.22. The molecule has 1 aromatic heterocycles. The van der Waals surface area contributed by atoms with E-state index < -0.39 is 12.0 Å². The number of rotatable bonds is 5. The van der Waals surface area contributed by atoms with Crippen molar-refractivity contribution in [2.45, 2.75) is 12.5 Å². The fourth-order valence-corrected chi connectivity index (χ4v) is 1.89. The largest absolute Gasteiger partial charge is 0.480 e. The highest BCUT2D eigenvalue weighted by atomic mass is 16.4. The number of hydrogen-bond donors (Lipinski definition) is 4. The molecular weight excluding hydrogens is 270 g/mol. The number of anilines is 2. The lowest BCUT2D eigenvalue weighted by molar-refractivity contribution is -0.138. The maximum absolute atomic E-state index is 10.7. The molecule has 110 valence electrons. The molecule has 0 fully saturated rings. The highest BCUT2D eigenvalue weighted by molar-refractivity contribution is 5.73. The van der Waals surface area contributed by atoms with Gasteiger partial charge in [-0.3, -0.25) is 4.79 Å². The summed E-state index contributed by atoms with van der Waals surface area (Å²) in [6.07, 6.45) is 0.281. The monoisotopic (exact) mass is 287 g/mol. The van der Waals surface area contributed by atoms with Crippen molar-refractivity contribution in [3.63, 3.8) is 0 Å². The van der Waals surface area contributed by atoms with Crippen molar-refractivity contribution in [3.05, 3.63) is 35.9 Å². The SMILES string of the molecule is CNc1cc(-c2ccc(CC(N)C(=O)O)cc2)nc(N)n1. The van der Waals surface area contributed by atoms with Gasteiger partial charge in [-0.05, 0) is 12.0 Å². The number of aromatic nitrogens is 2. The maximum Gasteiger partial charge on any atom is 0.320 e. The number of hydrogen-bond acceptors (Lipinski definition) is 6. The summed E-state index contributed by atoms with van der Waals surface area (Å²) in [6.45, 7) is 0. The van der Waals surface area contributed by atoms with E-state index in [-0.39, 0.29) is 12.4 Å². The molecule has 7 nitrogen and oxygen atoms in total. The first-order valence-corrected chi connectivity index (χ1v) is 6.39. The number of aliphatic carboxylic acids is 1. The maximum atomic E-state index is 10.7. The first-order chi connectivity index (χ1) is 9.99. The zero-order chi connectivity index (χ0) is 15.4. The average Bonchev–Trinajstić information content (AvgIpc) is 2.47. The van der Waals surface area contributed by atoms with E-state index in [1.165, 1.54) is 0 Å². The van der Waals surface area contributed by atoms with Crippen LogP contribution >= 0.6 is 0 Å². The second-order valence-electron chi connectivity index (χ2n) is 4.59. The summed E-state index contributed by atoms with van der Waals surface area (Å²) < 4.78 is 0. The predicted octanol–water partition coefficient (Wildman–Crippen LogP) is 0.722. The second kappa shape index (κ2) is 6.19. The number of nitrogens with one attached hydrogen (secondary N) is 1. The second-order valence-corrected chi connectivity index (χ2v) is 4.59. The van der Waals surface area contributed by atoms with Crippen LogP contribution in [0.2, 0.25) is 0 Å². The molecule has 1 atom stereocenters. The number of carboxylic acid groups (broad SMARTS) is 1. The number of nitrogens with two attached hydrogens (primary N) is 2. The van der Waals surface area contributed by atoms with Crippen molar-refractivity contribution < 1.29 is 9.90 Å². The van der Waals surface area contributed by atoms with E-state index in [0.717, 1.165) is 11.1 Å². The lowest BCUT2D eigenvalue weighted by Crippen LogP contribution is -2.32.